The summed E-state index contributed by atoms with van der Waals surface area (Å²) >= 11 is 0. The average molecular weight is 310 g/mol. The second-order valence-corrected chi connectivity index (χ2v) is 5.25. The van der Waals surface area contributed by atoms with Gasteiger partial charge in [-0.1, -0.05) is 6.92 Å². The zero-order valence-electron chi connectivity index (χ0n) is 13.7. The molecule has 0 aliphatic heterocycles. The third-order valence-corrected chi connectivity index (χ3v) is 3.79. The highest BCUT2D eigenvalue weighted by molar-refractivity contribution is 6.02. The molecule has 0 radical (unpaired) electrons. The van der Waals surface area contributed by atoms with Crippen molar-refractivity contribution >= 4 is 17.8 Å². The molecule has 0 aliphatic rings. The summed E-state index contributed by atoms with van der Waals surface area (Å²) in [7, 11) is 2.54. The van der Waals surface area contributed by atoms with E-state index < -0.39 is 23.4 Å². The Hall–Kier alpha value is -2.31. The van der Waals surface area contributed by atoms with Gasteiger partial charge in [0.15, 0.2) is 0 Å². The van der Waals surface area contributed by atoms with Crippen molar-refractivity contribution in [3.63, 3.8) is 0 Å². The minimum atomic E-state index is -1.14. The summed E-state index contributed by atoms with van der Waals surface area (Å²) in [5.74, 6) is -1.53. The molecule has 7 nitrogen and oxygen atoms in total. The van der Waals surface area contributed by atoms with Gasteiger partial charge in [0.05, 0.1) is 19.8 Å². The fourth-order valence-electron chi connectivity index (χ4n) is 2.21. The number of methoxy groups -OCH3 is 2. The molecule has 0 saturated carbocycles. The summed E-state index contributed by atoms with van der Waals surface area (Å²) in [5.41, 5.74) is 0.421. The lowest BCUT2D eigenvalue weighted by Gasteiger charge is -2.26. The smallest absolute Gasteiger partial charge is 0.339 e. The number of carbonyl (C=O) groups is 3. The third-order valence-electron chi connectivity index (χ3n) is 3.79. The molecule has 1 amide bonds. The van der Waals surface area contributed by atoms with Crippen molar-refractivity contribution in [3.8, 4) is 0 Å². The van der Waals surface area contributed by atoms with Crippen molar-refractivity contribution in [1.82, 2.24) is 10.3 Å². The number of esters is 2. The SMILES string of the molecule is CCC(C)(NC(=O)c1[nH]c(C)c(C(=O)OC)c1C)C(=O)OC. The molecule has 2 N–H and O–H groups in total. The lowest BCUT2D eigenvalue weighted by molar-refractivity contribution is -0.147. The van der Waals surface area contributed by atoms with E-state index in [1.807, 2.05) is 0 Å². The number of ether oxygens (including phenoxy) is 2. The van der Waals surface area contributed by atoms with Gasteiger partial charge in [0.25, 0.3) is 5.91 Å². The first-order chi connectivity index (χ1) is 10.2. The predicted octanol–water partition coefficient (Wildman–Crippen LogP) is 1.49. The number of aromatic amines is 1. The maximum absolute atomic E-state index is 12.4. The van der Waals surface area contributed by atoms with Gasteiger partial charge in [-0.25, -0.2) is 9.59 Å². The highest BCUT2D eigenvalue weighted by Crippen LogP contribution is 2.20. The van der Waals surface area contributed by atoms with Crippen LogP contribution in [0, 0.1) is 13.8 Å². The van der Waals surface area contributed by atoms with Crippen LogP contribution < -0.4 is 5.32 Å². The van der Waals surface area contributed by atoms with E-state index in [9.17, 15) is 14.4 Å². The van der Waals surface area contributed by atoms with E-state index >= 15 is 0 Å². The number of carbonyl (C=O) groups excluding carboxylic acids is 3. The molecule has 1 atom stereocenters. The summed E-state index contributed by atoms with van der Waals surface area (Å²) in [6.07, 6.45) is 0.369. The number of hydrogen-bond acceptors (Lipinski definition) is 5. The van der Waals surface area contributed by atoms with Crippen molar-refractivity contribution in [2.24, 2.45) is 0 Å². The largest absolute Gasteiger partial charge is 0.467 e. The molecule has 1 unspecified atom stereocenters. The molecular formula is C15H22N2O5. The molecule has 0 aliphatic carbocycles. The molecule has 1 aromatic rings. The van der Waals surface area contributed by atoms with E-state index in [0.717, 1.165) is 0 Å². The van der Waals surface area contributed by atoms with Gasteiger partial charge in [0, 0.05) is 5.69 Å². The Morgan fingerprint density at radius 1 is 1.18 bits per heavy atom. The predicted molar refractivity (Wildman–Crippen MR) is 79.8 cm³/mol. The Bertz CT molecular complexity index is 605. The number of nitrogens with one attached hydrogen (secondary N) is 2. The Kier molecular flexibility index (Phi) is 5.35. The monoisotopic (exact) mass is 310 g/mol. The van der Waals surface area contributed by atoms with Crippen LogP contribution in [0.5, 0.6) is 0 Å². The van der Waals surface area contributed by atoms with Crippen LogP contribution in [-0.4, -0.2) is 42.6 Å². The quantitative estimate of drug-likeness (QED) is 0.803. The molecule has 0 aromatic carbocycles. The van der Waals surface area contributed by atoms with Crippen LogP contribution in [0.3, 0.4) is 0 Å². The second kappa shape index (κ2) is 6.64. The standard InChI is InChI=1S/C15H22N2O5/c1-7-15(4,14(20)22-6)17-12(18)11-8(2)10(9(3)16-11)13(19)21-5/h16H,7H2,1-6H3,(H,17,18). The average Bonchev–Trinajstić information content (AvgIpc) is 2.80. The van der Waals surface area contributed by atoms with Crippen LogP contribution in [0.25, 0.3) is 0 Å². The first-order valence-corrected chi connectivity index (χ1v) is 6.90. The topological polar surface area (TPSA) is 97.5 Å². The summed E-state index contributed by atoms with van der Waals surface area (Å²) in [5, 5.41) is 2.65. The maximum atomic E-state index is 12.4. The molecule has 0 spiro atoms. The molecule has 1 aromatic heterocycles. The van der Waals surface area contributed by atoms with Gasteiger partial charge < -0.3 is 19.8 Å². The van der Waals surface area contributed by atoms with Crippen LogP contribution >= 0.6 is 0 Å². The van der Waals surface area contributed by atoms with Crippen LogP contribution in [0.15, 0.2) is 0 Å². The number of rotatable bonds is 5. The molecule has 1 heterocycles. The molecule has 22 heavy (non-hydrogen) atoms. The van der Waals surface area contributed by atoms with Gasteiger partial charge in [-0.15, -0.1) is 0 Å². The van der Waals surface area contributed by atoms with Crippen molar-refractivity contribution in [2.45, 2.75) is 39.7 Å². The van der Waals surface area contributed by atoms with Crippen LogP contribution in [0.2, 0.25) is 0 Å². The number of aryl methyl sites for hydroxylation is 1. The summed E-state index contributed by atoms with van der Waals surface area (Å²) in [6.45, 7) is 6.68. The highest BCUT2D eigenvalue weighted by atomic mass is 16.5. The van der Waals surface area contributed by atoms with Crippen LogP contribution in [0.1, 0.15) is 52.4 Å². The Morgan fingerprint density at radius 2 is 1.77 bits per heavy atom. The van der Waals surface area contributed by atoms with E-state index in [4.69, 9.17) is 9.47 Å². The zero-order chi connectivity index (χ0) is 17.1. The number of hydrogen-bond donors (Lipinski definition) is 2. The molecule has 0 fully saturated rings. The zero-order valence-corrected chi connectivity index (χ0v) is 13.7. The van der Waals surface area contributed by atoms with Crippen LogP contribution in [-0.2, 0) is 14.3 Å². The molecule has 122 valence electrons. The van der Waals surface area contributed by atoms with Crippen molar-refractivity contribution < 1.29 is 23.9 Å². The summed E-state index contributed by atoms with van der Waals surface area (Å²) in [4.78, 5) is 38.9. The van der Waals surface area contributed by atoms with Crippen LogP contribution in [0.4, 0.5) is 0 Å². The minimum Gasteiger partial charge on any atom is -0.467 e. The van der Waals surface area contributed by atoms with Gasteiger partial charge in [0.1, 0.15) is 11.2 Å². The maximum Gasteiger partial charge on any atom is 0.339 e. The van der Waals surface area contributed by atoms with Crippen molar-refractivity contribution in [3.05, 3.63) is 22.5 Å². The van der Waals surface area contributed by atoms with Gasteiger partial charge in [0.2, 0.25) is 0 Å². The fraction of sp³-hybridized carbons (Fsp3) is 0.533. The first kappa shape index (κ1) is 17.7. The molecule has 7 heteroatoms. The second-order valence-electron chi connectivity index (χ2n) is 5.25. The van der Waals surface area contributed by atoms with E-state index in [-0.39, 0.29) is 5.69 Å². The van der Waals surface area contributed by atoms with Gasteiger partial charge >= 0.3 is 11.9 Å². The van der Waals surface area contributed by atoms with Gasteiger partial charge in [-0.3, -0.25) is 4.79 Å². The van der Waals surface area contributed by atoms with Crippen molar-refractivity contribution in [2.75, 3.05) is 14.2 Å². The van der Waals surface area contributed by atoms with E-state index in [1.165, 1.54) is 14.2 Å². The normalized spacial score (nSPS) is 13.2. The molecule has 1 rings (SSSR count). The Labute approximate surface area is 129 Å². The lowest BCUT2D eigenvalue weighted by Crippen LogP contribution is -2.52. The number of amides is 1. The summed E-state index contributed by atoms with van der Waals surface area (Å²) in [6, 6.07) is 0. The molecular weight excluding hydrogens is 288 g/mol. The Morgan fingerprint density at radius 3 is 2.23 bits per heavy atom. The highest BCUT2D eigenvalue weighted by Gasteiger charge is 2.35. The number of H-pyrrole nitrogens is 1. The Balaban J connectivity index is 3.15. The molecule has 0 saturated heterocycles. The van der Waals surface area contributed by atoms with E-state index in [0.29, 0.717) is 23.2 Å². The summed E-state index contributed by atoms with van der Waals surface area (Å²) < 4.78 is 9.42. The number of aromatic nitrogens is 1. The van der Waals surface area contributed by atoms with E-state index in [2.05, 4.69) is 10.3 Å². The lowest BCUT2D eigenvalue weighted by atomic mass is 9.98. The van der Waals surface area contributed by atoms with Gasteiger partial charge in [-0.2, -0.15) is 0 Å². The van der Waals surface area contributed by atoms with Gasteiger partial charge in [-0.05, 0) is 32.8 Å². The molecule has 0 bridgehead atoms. The van der Waals surface area contributed by atoms with Crippen molar-refractivity contribution in [1.29, 1.82) is 0 Å². The third kappa shape index (κ3) is 3.13. The van der Waals surface area contributed by atoms with E-state index in [1.54, 1.807) is 27.7 Å². The first-order valence-electron chi connectivity index (χ1n) is 6.90. The minimum absolute atomic E-state index is 0.224. The fourth-order valence-corrected chi connectivity index (χ4v) is 2.21.